The Morgan fingerprint density at radius 2 is 0.635 bits per heavy atom. The van der Waals surface area contributed by atoms with Gasteiger partial charge >= 0.3 is 0 Å². The van der Waals surface area contributed by atoms with E-state index in [1.807, 2.05) is 0 Å². The largest absolute Gasteiger partial charge is 0.342 e. The van der Waals surface area contributed by atoms with Crippen LogP contribution in [0.1, 0.15) is 37.5 Å². The highest BCUT2D eigenvalue weighted by atomic mass is 15.2. The zero-order valence-electron chi connectivity index (χ0n) is 59.0. The normalized spacial score (nSPS) is 12.5. The third-order valence-corrected chi connectivity index (χ3v) is 22.2. The molecule has 2 nitrogen and oxygen atoms in total. The van der Waals surface area contributed by atoms with Gasteiger partial charge < -0.3 is 9.80 Å². The Morgan fingerprint density at radius 3 is 1.09 bits per heavy atom. The molecule has 2 heterocycles. The number of hydrogen-bond acceptors (Lipinski definition) is 2. The van der Waals surface area contributed by atoms with E-state index < -0.39 is 0 Å². The van der Waals surface area contributed by atoms with E-state index >= 15 is 0 Å². The molecule has 0 aliphatic carbocycles. The highest BCUT2D eigenvalue weighted by Gasteiger charge is 2.44. The van der Waals surface area contributed by atoms with Gasteiger partial charge in [0.05, 0.1) is 0 Å². The second-order valence-corrected chi connectivity index (χ2v) is 29.9. The molecule has 0 spiro atoms. The van der Waals surface area contributed by atoms with Crippen molar-refractivity contribution in [3.63, 3.8) is 0 Å². The van der Waals surface area contributed by atoms with Crippen LogP contribution < -0.4 is 26.2 Å². The molecule has 0 bridgehead atoms. The molecule has 0 aromatic heterocycles. The predicted octanol–water partition coefficient (Wildman–Crippen LogP) is 24.6. The minimum absolute atomic E-state index is 0.0145. The van der Waals surface area contributed by atoms with Crippen molar-refractivity contribution >= 4 is 88.9 Å². The third kappa shape index (κ3) is 11.2. The summed E-state index contributed by atoms with van der Waals surface area (Å²) in [7, 11) is 0. The SMILES string of the molecule is CC(C)(C)Cc1cc2c3c(c1)N(CCc1c(-c4ccccc4)cc(-c4ccccc4)cc1-c1ccccc1)c1cc(-c4cc5cccc6c7cccc8cccc(c(c4)c56)c87)ccc1B3c1cc(-c3ccccc3)ccc1N2CCc1c(-c2ccccc2)cc(-c2ccccc2)cc1-c1ccccc1. The van der Waals surface area contributed by atoms with E-state index in [4.69, 9.17) is 0 Å². The molecule has 3 heteroatoms. The molecule has 2 aliphatic rings. The van der Waals surface area contributed by atoms with E-state index in [1.165, 1.54) is 188 Å². The molecule has 19 rings (SSSR count). The zero-order chi connectivity index (χ0) is 69.4. The molecule has 0 N–H and O–H groups in total. The predicted molar refractivity (Wildman–Crippen MR) is 446 cm³/mol. The molecule has 0 unspecified atom stereocenters. The van der Waals surface area contributed by atoms with Gasteiger partial charge in [0.15, 0.2) is 0 Å². The summed E-state index contributed by atoms with van der Waals surface area (Å²) in [5, 5.41) is 10.4. The molecule has 104 heavy (non-hydrogen) atoms. The van der Waals surface area contributed by atoms with Crippen LogP contribution in [0.2, 0.25) is 0 Å². The van der Waals surface area contributed by atoms with E-state index in [0.717, 1.165) is 32.4 Å². The Bertz CT molecular complexity index is 5960. The van der Waals surface area contributed by atoms with E-state index in [9.17, 15) is 0 Å². The van der Waals surface area contributed by atoms with Crippen LogP contribution in [-0.2, 0) is 19.3 Å². The number of benzene rings is 17. The first-order valence-electron chi connectivity index (χ1n) is 37.0. The highest BCUT2D eigenvalue weighted by molar-refractivity contribution is 7.00. The number of hydrogen-bond donors (Lipinski definition) is 0. The van der Waals surface area contributed by atoms with Gasteiger partial charge in [-0.1, -0.05) is 312 Å². The van der Waals surface area contributed by atoms with E-state index in [2.05, 4.69) is 382 Å². The molecule has 0 saturated heterocycles. The summed E-state index contributed by atoms with van der Waals surface area (Å²) < 4.78 is 0. The van der Waals surface area contributed by atoms with E-state index in [-0.39, 0.29) is 12.1 Å². The van der Waals surface area contributed by atoms with Crippen molar-refractivity contribution in [3.05, 3.63) is 369 Å². The summed E-state index contributed by atoms with van der Waals surface area (Å²) in [5.74, 6) is 0. The maximum absolute atomic E-state index is 2.78. The Labute approximate surface area is 610 Å². The van der Waals surface area contributed by atoms with Crippen molar-refractivity contribution < 1.29 is 0 Å². The summed E-state index contributed by atoms with van der Waals surface area (Å²) in [4.78, 5) is 5.53. The summed E-state index contributed by atoms with van der Waals surface area (Å²) in [6.45, 7) is 8.58. The molecule has 0 amide bonds. The first-order valence-corrected chi connectivity index (χ1v) is 37.0. The van der Waals surface area contributed by atoms with Crippen molar-refractivity contribution in [2.24, 2.45) is 5.41 Å². The molecule has 17 aromatic carbocycles. The molecule has 0 fully saturated rings. The van der Waals surface area contributed by atoms with Crippen LogP contribution in [0.3, 0.4) is 0 Å². The molecule has 17 aromatic rings. The van der Waals surface area contributed by atoms with Crippen LogP contribution in [0.4, 0.5) is 22.7 Å². The van der Waals surface area contributed by atoms with Crippen LogP contribution in [0.25, 0.3) is 132 Å². The maximum Gasteiger partial charge on any atom is 0.252 e. The van der Waals surface area contributed by atoms with Crippen LogP contribution in [0.15, 0.2) is 352 Å². The standard InChI is InChI=1S/C101H77BN2/c1-101(2,3)66-67-56-96-100-97(57-67)104(55-53-83-89(73-38-21-9-22-39-73)61-81(70-32-15-6-16-33-70)62-90(83)74-40-23-10-24-41-74)95-65-77(79-58-78-44-27-46-85-84-45-25-42-75-43-26-47-86(98(75)84)91(63-79)99(78)85)48-50-92(95)102(100)93-64-76(68-28-11-4-12-29-68)49-51-94(93)103(96)54-52-82-87(71-34-17-7-18-35-71)59-80(69-30-13-5-14-31-69)60-88(82)72-36-19-8-20-37-72/h4-51,56-65H,52-55,66H2,1-3H3. The van der Waals surface area contributed by atoms with Crippen LogP contribution in [0, 0.1) is 5.41 Å². The Kier molecular flexibility index (Phi) is 15.6. The summed E-state index contributed by atoms with van der Waals surface area (Å²) in [6.07, 6.45) is 2.46. The summed E-state index contributed by atoms with van der Waals surface area (Å²) in [6, 6.07) is 133. The fraction of sp³-hybridized carbons (Fsp3) is 0.0891. The van der Waals surface area contributed by atoms with Crippen molar-refractivity contribution in [1.82, 2.24) is 0 Å². The molecule has 2 aliphatic heterocycles. The topological polar surface area (TPSA) is 6.48 Å². The first kappa shape index (κ1) is 62.7. The lowest BCUT2D eigenvalue weighted by Crippen LogP contribution is -2.62. The van der Waals surface area contributed by atoms with Gasteiger partial charge in [0.25, 0.3) is 6.71 Å². The molecular formula is C101H77BN2. The molecule has 0 atom stereocenters. The smallest absolute Gasteiger partial charge is 0.252 e. The Hall–Kier alpha value is -12.3. The van der Waals surface area contributed by atoms with Gasteiger partial charge in [-0.15, -0.1) is 0 Å². The van der Waals surface area contributed by atoms with Gasteiger partial charge in [0.2, 0.25) is 0 Å². The van der Waals surface area contributed by atoms with Gasteiger partial charge in [-0.2, -0.15) is 0 Å². The van der Waals surface area contributed by atoms with Crippen molar-refractivity contribution in [1.29, 1.82) is 0 Å². The van der Waals surface area contributed by atoms with Gasteiger partial charge in [-0.25, -0.2) is 0 Å². The van der Waals surface area contributed by atoms with Crippen molar-refractivity contribution in [3.8, 4) is 89.0 Å². The molecular weight excluding hydrogens is 1250 g/mol. The lowest BCUT2D eigenvalue weighted by Gasteiger charge is -2.45. The van der Waals surface area contributed by atoms with E-state index in [0.29, 0.717) is 0 Å². The van der Waals surface area contributed by atoms with Gasteiger partial charge in [-0.05, 0) is 251 Å². The number of fused-ring (bicyclic) bond motifs is 6. The van der Waals surface area contributed by atoms with E-state index in [1.54, 1.807) is 0 Å². The van der Waals surface area contributed by atoms with Gasteiger partial charge in [-0.3, -0.25) is 0 Å². The van der Waals surface area contributed by atoms with Crippen LogP contribution >= 0.6 is 0 Å². The Balaban J connectivity index is 0.855. The van der Waals surface area contributed by atoms with Crippen molar-refractivity contribution in [2.75, 3.05) is 22.9 Å². The first-order chi connectivity index (χ1) is 51.2. The minimum Gasteiger partial charge on any atom is -0.342 e. The van der Waals surface area contributed by atoms with Gasteiger partial charge in [0.1, 0.15) is 0 Å². The van der Waals surface area contributed by atoms with Crippen molar-refractivity contribution in [2.45, 2.75) is 40.0 Å². The Morgan fingerprint density at radius 1 is 0.260 bits per heavy atom. The van der Waals surface area contributed by atoms with Gasteiger partial charge in [0, 0.05) is 35.8 Å². The number of nitrogens with zero attached hydrogens (tertiary/aromatic N) is 2. The average Bonchev–Trinajstić information content (AvgIpc) is 0.683. The highest BCUT2D eigenvalue weighted by Crippen LogP contribution is 2.48. The number of rotatable bonds is 15. The average molecular weight is 1330 g/mol. The number of anilines is 4. The monoisotopic (exact) mass is 1330 g/mol. The summed E-state index contributed by atoms with van der Waals surface area (Å²) in [5.41, 5.74) is 32.7. The second kappa shape index (κ2) is 26.0. The minimum atomic E-state index is -0.0943. The lowest BCUT2D eigenvalue weighted by atomic mass is 9.33. The molecule has 0 saturated carbocycles. The fourth-order valence-corrected chi connectivity index (χ4v) is 17.6. The second-order valence-electron chi connectivity index (χ2n) is 29.9. The summed E-state index contributed by atoms with van der Waals surface area (Å²) >= 11 is 0. The zero-order valence-corrected chi connectivity index (χ0v) is 59.0. The fourth-order valence-electron chi connectivity index (χ4n) is 17.6. The lowest BCUT2D eigenvalue weighted by molar-refractivity contribution is 0.411. The third-order valence-electron chi connectivity index (χ3n) is 22.2. The maximum atomic E-state index is 2.78. The van der Waals surface area contributed by atoms with Crippen LogP contribution in [0.5, 0.6) is 0 Å². The van der Waals surface area contributed by atoms with Crippen LogP contribution in [-0.4, -0.2) is 19.8 Å². The molecule has 494 valence electrons. The quantitative estimate of drug-likeness (QED) is 0.0573. The molecule has 0 radical (unpaired) electrons.